The Bertz CT molecular complexity index is 335. The van der Waals surface area contributed by atoms with E-state index in [-0.39, 0.29) is 11.8 Å². The van der Waals surface area contributed by atoms with E-state index >= 15 is 0 Å². The van der Waals surface area contributed by atoms with Crippen molar-refractivity contribution < 1.29 is 9.53 Å². The van der Waals surface area contributed by atoms with Crippen molar-refractivity contribution in [2.45, 2.75) is 13.8 Å². The van der Waals surface area contributed by atoms with Gasteiger partial charge < -0.3 is 10.1 Å². The van der Waals surface area contributed by atoms with Gasteiger partial charge in [0.05, 0.1) is 6.54 Å². The fourth-order valence-corrected chi connectivity index (χ4v) is 1.20. The van der Waals surface area contributed by atoms with Gasteiger partial charge in [0, 0.05) is 10.9 Å². The normalized spacial score (nSPS) is 10.2. The van der Waals surface area contributed by atoms with Crippen LogP contribution in [-0.4, -0.2) is 19.1 Å². The van der Waals surface area contributed by atoms with Crippen LogP contribution in [0.2, 0.25) is 5.02 Å². The van der Waals surface area contributed by atoms with E-state index in [1.54, 1.807) is 24.3 Å². The molecule has 0 saturated heterocycles. The zero-order valence-corrected chi connectivity index (χ0v) is 10.3. The smallest absolute Gasteiger partial charge is 0.222 e. The molecule has 0 atom stereocenters. The number of hydrogen-bond donors (Lipinski definition) is 1. The Hall–Kier alpha value is -1.22. The molecule has 3 nitrogen and oxygen atoms in total. The summed E-state index contributed by atoms with van der Waals surface area (Å²) in [6, 6.07) is 7.13. The van der Waals surface area contributed by atoms with Crippen molar-refractivity contribution in [1.29, 1.82) is 0 Å². The third kappa shape index (κ3) is 4.53. The Morgan fingerprint density at radius 2 is 2.00 bits per heavy atom. The molecule has 0 aromatic heterocycles. The van der Waals surface area contributed by atoms with E-state index in [0.29, 0.717) is 18.2 Å². The zero-order chi connectivity index (χ0) is 12.0. The Morgan fingerprint density at radius 3 is 2.56 bits per heavy atom. The van der Waals surface area contributed by atoms with E-state index < -0.39 is 0 Å². The number of nitrogens with one attached hydrogen (secondary N) is 1. The molecule has 4 heteroatoms. The number of halogens is 1. The molecule has 16 heavy (non-hydrogen) atoms. The highest BCUT2D eigenvalue weighted by Gasteiger charge is 2.04. The third-order valence-corrected chi connectivity index (χ3v) is 2.26. The largest absolute Gasteiger partial charge is 0.492 e. The Kier molecular flexibility index (Phi) is 5.12. The van der Waals surface area contributed by atoms with Crippen LogP contribution in [0.15, 0.2) is 24.3 Å². The van der Waals surface area contributed by atoms with Gasteiger partial charge in [-0.3, -0.25) is 4.79 Å². The van der Waals surface area contributed by atoms with Gasteiger partial charge in [0.25, 0.3) is 0 Å². The number of hydrogen-bond acceptors (Lipinski definition) is 2. The molecule has 0 aliphatic carbocycles. The average molecular weight is 242 g/mol. The number of carbonyl (C=O) groups excluding carboxylic acids is 1. The first-order valence-corrected chi connectivity index (χ1v) is 5.63. The van der Waals surface area contributed by atoms with Crippen LogP contribution in [0.1, 0.15) is 13.8 Å². The van der Waals surface area contributed by atoms with E-state index in [0.717, 1.165) is 5.75 Å². The molecule has 1 N–H and O–H groups in total. The maximum Gasteiger partial charge on any atom is 0.222 e. The van der Waals surface area contributed by atoms with Crippen molar-refractivity contribution in [3.63, 3.8) is 0 Å². The highest BCUT2D eigenvalue weighted by molar-refractivity contribution is 6.30. The van der Waals surface area contributed by atoms with Gasteiger partial charge in [-0.2, -0.15) is 0 Å². The fourth-order valence-electron chi connectivity index (χ4n) is 1.08. The minimum atomic E-state index is 0.00975. The van der Waals surface area contributed by atoms with Crippen molar-refractivity contribution in [3.05, 3.63) is 29.3 Å². The van der Waals surface area contributed by atoms with Crippen LogP contribution in [-0.2, 0) is 4.79 Å². The van der Waals surface area contributed by atoms with Crippen molar-refractivity contribution in [2.75, 3.05) is 13.2 Å². The summed E-state index contributed by atoms with van der Waals surface area (Å²) in [5.41, 5.74) is 0. The fraction of sp³-hybridized carbons (Fsp3) is 0.417. The Balaban J connectivity index is 2.21. The summed E-state index contributed by atoms with van der Waals surface area (Å²) in [4.78, 5) is 11.2. The zero-order valence-electron chi connectivity index (χ0n) is 9.50. The number of benzene rings is 1. The summed E-state index contributed by atoms with van der Waals surface area (Å²) in [6.07, 6.45) is 0. The van der Waals surface area contributed by atoms with Gasteiger partial charge in [-0.25, -0.2) is 0 Å². The van der Waals surface area contributed by atoms with Crippen molar-refractivity contribution in [2.24, 2.45) is 5.92 Å². The summed E-state index contributed by atoms with van der Waals surface area (Å²) >= 11 is 5.74. The lowest BCUT2D eigenvalue weighted by molar-refractivity contribution is -0.124. The number of rotatable bonds is 5. The van der Waals surface area contributed by atoms with E-state index in [2.05, 4.69) is 5.32 Å². The van der Waals surface area contributed by atoms with E-state index in [9.17, 15) is 4.79 Å². The molecule has 0 radical (unpaired) electrons. The van der Waals surface area contributed by atoms with Gasteiger partial charge >= 0.3 is 0 Å². The van der Waals surface area contributed by atoms with E-state index in [1.807, 2.05) is 13.8 Å². The molecule has 0 bridgehead atoms. The molecule has 1 amide bonds. The molecule has 0 spiro atoms. The third-order valence-electron chi connectivity index (χ3n) is 2.01. The summed E-state index contributed by atoms with van der Waals surface area (Å²) in [5, 5.41) is 3.45. The molecule has 0 fully saturated rings. The minimum absolute atomic E-state index is 0.00975. The van der Waals surface area contributed by atoms with Crippen LogP contribution in [0, 0.1) is 5.92 Å². The van der Waals surface area contributed by atoms with Gasteiger partial charge in [-0.1, -0.05) is 25.4 Å². The average Bonchev–Trinajstić information content (AvgIpc) is 2.26. The molecule has 0 saturated carbocycles. The summed E-state index contributed by atoms with van der Waals surface area (Å²) in [7, 11) is 0. The predicted molar refractivity (Wildman–Crippen MR) is 64.8 cm³/mol. The van der Waals surface area contributed by atoms with Gasteiger partial charge in [0.2, 0.25) is 5.91 Å². The van der Waals surface area contributed by atoms with Crippen molar-refractivity contribution >= 4 is 17.5 Å². The lowest BCUT2D eigenvalue weighted by atomic mass is 10.2. The van der Waals surface area contributed by atoms with Crippen LogP contribution < -0.4 is 10.1 Å². The van der Waals surface area contributed by atoms with Crippen LogP contribution >= 0.6 is 11.6 Å². The number of ether oxygens (including phenoxy) is 1. The van der Waals surface area contributed by atoms with E-state index in [1.165, 1.54) is 0 Å². The second-order valence-electron chi connectivity index (χ2n) is 3.75. The maximum absolute atomic E-state index is 11.2. The molecule has 0 aliphatic rings. The number of carbonyl (C=O) groups is 1. The number of amides is 1. The Morgan fingerprint density at radius 1 is 1.38 bits per heavy atom. The van der Waals surface area contributed by atoms with Gasteiger partial charge in [-0.05, 0) is 24.3 Å². The van der Waals surface area contributed by atoms with Gasteiger partial charge in [0.1, 0.15) is 12.4 Å². The van der Waals surface area contributed by atoms with Crippen molar-refractivity contribution in [3.8, 4) is 5.75 Å². The first kappa shape index (κ1) is 12.8. The summed E-state index contributed by atoms with van der Waals surface area (Å²) in [5.74, 6) is 0.804. The highest BCUT2D eigenvalue weighted by atomic mass is 35.5. The monoisotopic (exact) mass is 241 g/mol. The molecule has 0 unspecified atom stereocenters. The topological polar surface area (TPSA) is 38.3 Å². The standard InChI is InChI=1S/C12H16ClNO2/c1-9(2)12(15)14-7-8-16-11-5-3-10(13)4-6-11/h3-6,9H,7-8H2,1-2H3,(H,14,15). The molecule has 88 valence electrons. The van der Waals surface area contributed by atoms with E-state index in [4.69, 9.17) is 16.3 Å². The van der Waals surface area contributed by atoms with Gasteiger partial charge in [-0.15, -0.1) is 0 Å². The quantitative estimate of drug-likeness (QED) is 0.805. The summed E-state index contributed by atoms with van der Waals surface area (Å²) < 4.78 is 5.42. The van der Waals surface area contributed by atoms with Crippen LogP contribution in [0.25, 0.3) is 0 Å². The SMILES string of the molecule is CC(C)C(=O)NCCOc1ccc(Cl)cc1. The molecule has 1 aromatic carbocycles. The lowest BCUT2D eigenvalue weighted by Gasteiger charge is -2.09. The van der Waals surface area contributed by atoms with Crippen LogP contribution in [0.3, 0.4) is 0 Å². The molecular formula is C12H16ClNO2. The molecule has 0 aliphatic heterocycles. The predicted octanol–water partition coefficient (Wildman–Crippen LogP) is 2.49. The van der Waals surface area contributed by atoms with Crippen molar-refractivity contribution in [1.82, 2.24) is 5.32 Å². The molecule has 0 heterocycles. The highest BCUT2D eigenvalue weighted by Crippen LogP contribution is 2.14. The van der Waals surface area contributed by atoms with Gasteiger partial charge in [0.15, 0.2) is 0 Å². The second-order valence-corrected chi connectivity index (χ2v) is 4.18. The molecular weight excluding hydrogens is 226 g/mol. The summed E-state index contributed by atoms with van der Waals surface area (Å²) in [6.45, 7) is 4.69. The van der Waals surface area contributed by atoms with Crippen LogP contribution in [0.5, 0.6) is 5.75 Å². The lowest BCUT2D eigenvalue weighted by Crippen LogP contribution is -2.31. The maximum atomic E-state index is 11.2. The molecule has 1 aromatic rings. The first-order chi connectivity index (χ1) is 7.59. The molecule has 1 rings (SSSR count). The first-order valence-electron chi connectivity index (χ1n) is 5.25. The second kappa shape index (κ2) is 6.38. The Labute approximate surface area is 101 Å². The van der Waals surface area contributed by atoms with Crippen LogP contribution in [0.4, 0.5) is 0 Å². The minimum Gasteiger partial charge on any atom is -0.492 e.